The van der Waals surface area contributed by atoms with Crippen molar-refractivity contribution in [1.82, 2.24) is 9.78 Å². The first-order valence-electron chi connectivity index (χ1n) is 8.16. The summed E-state index contributed by atoms with van der Waals surface area (Å²) in [6.07, 6.45) is 0. The van der Waals surface area contributed by atoms with Gasteiger partial charge in [-0.1, -0.05) is 41.4 Å². The standard InChI is InChI=1S/C19H18ClN3O3S/c1-11-4-6-13(7-5-11)10-23-16(20)15(12(2)22-23)17(24)21-18-14(8-9-27-18)19(25)26-3/h4-9H,10H2,1-3H3,(H,21,24). The Balaban J connectivity index is 1.84. The number of thiophene rings is 1. The van der Waals surface area contributed by atoms with Gasteiger partial charge in [0.15, 0.2) is 0 Å². The number of aryl methyl sites for hydroxylation is 2. The fourth-order valence-electron chi connectivity index (χ4n) is 2.62. The Morgan fingerprint density at radius 3 is 2.59 bits per heavy atom. The van der Waals surface area contributed by atoms with E-state index in [0.29, 0.717) is 22.8 Å². The number of anilines is 1. The van der Waals surface area contributed by atoms with Gasteiger partial charge in [0.1, 0.15) is 10.2 Å². The van der Waals surface area contributed by atoms with Crippen LogP contribution in [0.1, 0.15) is 37.5 Å². The lowest BCUT2D eigenvalue weighted by molar-refractivity contribution is 0.0602. The summed E-state index contributed by atoms with van der Waals surface area (Å²) in [5.74, 6) is -0.926. The molecule has 0 fully saturated rings. The molecule has 27 heavy (non-hydrogen) atoms. The molecule has 1 aromatic carbocycles. The molecule has 3 aromatic rings. The molecule has 2 aromatic heterocycles. The Morgan fingerprint density at radius 2 is 1.93 bits per heavy atom. The number of methoxy groups -OCH3 is 1. The molecule has 6 nitrogen and oxygen atoms in total. The van der Waals surface area contributed by atoms with Crippen molar-refractivity contribution in [2.45, 2.75) is 20.4 Å². The first-order chi connectivity index (χ1) is 12.9. The summed E-state index contributed by atoms with van der Waals surface area (Å²) in [4.78, 5) is 24.5. The lowest BCUT2D eigenvalue weighted by Crippen LogP contribution is -2.15. The third-order valence-corrected chi connectivity index (χ3v) is 5.26. The maximum absolute atomic E-state index is 12.7. The van der Waals surface area contributed by atoms with Crippen molar-refractivity contribution in [3.8, 4) is 0 Å². The van der Waals surface area contributed by atoms with Crippen molar-refractivity contribution in [2.75, 3.05) is 12.4 Å². The van der Waals surface area contributed by atoms with Crippen LogP contribution in [-0.2, 0) is 11.3 Å². The number of esters is 1. The van der Waals surface area contributed by atoms with Crippen LogP contribution in [-0.4, -0.2) is 28.8 Å². The molecule has 0 saturated carbocycles. The van der Waals surface area contributed by atoms with Crippen LogP contribution in [0.3, 0.4) is 0 Å². The van der Waals surface area contributed by atoms with Gasteiger partial charge >= 0.3 is 5.97 Å². The Hall–Kier alpha value is -2.64. The van der Waals surface area contributed by atoms with Gasteiger partial charge in [0.2, 0.25) is 0 Å². The van der Waals surface area contributed by atoms with Crippen molar-refractivity contribution in [1.29, 1.82) is 0 Å². The molecule has 140 valence electrons. The fourth-order valence-corrected chi connectivity index (χ4v) is 3.72. The van der Waals surface area contributed by atoms with Crippen LogP contribution in [0.5, 0.6) is 0 Å². The van der Waals surface area contributed by atoms with Crippen LogP contribution in [0.2, 0.25) is 5.15 Å². The Morgan fingerprint density at radius 1 is 1.22 bits per heavy atom. The molecule has 0 aliphatic rings. The summed E-state index contributed by atoms with van der Waals surface area (Å²) in [5.41, 5.74) is 3.30. The number of aromatic nitrogens is 2. The smallest absolute Gasteiger partial charge is 0.340 e. The van der Waals surface area contributed by atoms with Crippen molar-refractivity contribution in [3.05, 3.63) is 68.8 Å². The van der Waals surface area contributed by atoms with Crippen LogP contribution in [0.4, 0.5) is 5.00 Å². The van der Waals surface area contributed by atoms with Crippen LogP contribution in [0.15, 0.2) is 35.7 Å². The lowest BCUT2D eigenvalue weighted by Gasteiger charge is -2.06. The highest BCUT2D eigenvalue weighted by Crippen LogP contribution is 2.27. The summed E-state index contributed by atoms with van der Waals surface area (Å²) in [6, 6.07) is 9.62. The fraction of sp³-hybridized carbons (Fsp3) is 0.211. The SMILES string of the molecule is COC(=O)c1ccsc1NC(=O)c1c(C)nn(Cc2ccc(C)cc2)c1Cl. The minimum absolute atomic E-state index is 0.252. The van der Waals surface area contributed by atoms with Crippen LogP contribution in [0.25, 0.3) is 0 Å². The second-order valence-electron chi connectivity index (χ2n) is 6.00. The predicted molar refractivity (Wildman–Crippen MR) is 106 cm³/mol. The molecular formula is C19H18ClN3O3S. The highest BCUT2D eigenvalue weighted by atomic mass is 35.5. The lowest BCUT2D eigenvalue weighted by atomic mass is 10.1. The number of carbonyl (C=O) groups excluding carboxylic acids is 2. The van der Waals surface area contributed by atoms with E-state index < -0.39 is 11.9 Å². The number of carbonyl (C=O) groups is 2. The second kappa shape index (κ2) is 7.94. The van der Waals surface area contributed by atoms with Crippen molar-refractivity contribution in [3.63, 3.8) is 0 Å². The first kappa shape index (κ1) is 19.1. The van der Waals surface area contributed by atoms with Crippen molar-refractivity contribution in [2.24, 2.45) is 0 Å². The molecule has 0 aliphatic heterocycles. The summed E-state index contributed by atoms with van der Waals surface area (Å²) < 4.78 is 6.31. The van der Waals surface area contributed by atoms with E-state index in [-0.39, 0.29) is 10.7 Å². The average molecular weight is 404 g/mol. The van der Waals surface area contributed by atoms with E-state index in [9.17, 15) is 9.59 Å². The number of hydrogen-bond donors (Lipinski definition) is 1. The second-order valence-corrected chi connectivity index (χ2v) is 7.28. The first-order valence-corrected chi connectivity index (χ1v) is 9.42. The van der Waals surface area contributed by atoms with Crippen LogP contribution >= 0.6 is 22.9 Å². The Bertz CT molecular complexity index is 992. The number of nitrogens with zero attached hydrogens (tertiary/aromatic N) is 2. The van der Waals surface area contributed by atoms with Gasteiger partial charge in [0.05, 0.1) is 30.5 Å². The maximum atomic E-state index is 12.7. The van der Waals surface area contributed by atoms with Gasteiger partial charge in [-0.05, 0) is 30.9 Å². The Kier molecular flexibility index (Phi) is 5.62. The molecule has 1 N–H and O–H groups in total. The van der Waals surface area contributed by atoms with E-state index in [2.05, 4.69) is 10.4 Å². The van der Waals surface area contributed by atoms with Crippen LogP contribution in [0, 0.1) is 13.8 Å². The molecule has 8 heteroatoms. The van der Waals surface area contributed by atoms with Gasteiger partial charge < -0.3 is 10.1 Å². The number of nitrogens with one attached hydrogen (secondary N) is 1. The van der Waals surface area contributed by atoms with E-state index in [1.165, 1.54) is 24.0 Å². The van der Waals surface area contributed by atoms with E-state index in [0.717, 1.165) is 5.56 Å². The minimum Gasteiger partial charge on any atom is -0.465 e. The number of amides is 1. The molecular weight excluding hydrogens is 386 g/mol. The highest BCUT2D eigenvalue weighted by Gasteiger charge is 2.23. The molecule has 2 heterocycles. The molecule has 0 aliphatic carbocycles. The topological polar surface area (TPSA) is 73.2 Å². The number of ether oxygens (including phenoxy) is 1. The Labute approximate surface area is 165 Å². The quantitative estimate of drug-likeness (QED) is 0.644. The van der Waals surface area contributed by atoms with Gasteiger partial charge in [0.25, 0.3) is 5.91 Å². The molecule has 0 radical (unpaired) electrons. The summed E-state index contributed by atoms with van der Waals surface area (Å²) in [5, 5.41) is 9.48. The van der Waals surface area contributed by atoms with Gasteiger partial charge in [0, 0.05) is 0 Å². The summed E-state index contributed by atoms with van der Waals surface area (Å²) in [6.45, 7) is 4.20. The summed E-state index contributed by atoms with van der Waals surface area (Å²) >= 11 is 7.66. The molecule has 0 unspecified atom stereocenters. The maximum Gasteiger partial charge on any atom is 0.340 e. The third kappa shape index (κ3) is 4.04. The molecule has 3 rings (SSSR count). The normalized spacial score (nSPS) is 10.7. The number of halogens is 1. The largest absolute Gasteiger partial charge is 0.465 e. The predicted octanol–water partition coefficient (Wildman–Crippen LogP) is 4.30. The number of benzene rings is 1. The summed E-state index contributed by atoms with van der Waals surface area (Å²) in [7, 11) is 1.29. The van der Waals surface area contributed by atoms with E-state index in [4.69, 9.17) is 16.3 Å². The van der Waals surface area contributed by atoms with Crippen molar-refractivity contribution >= 4 is 39.8 Å². The van der Waals surface area contributed by atoms with Gasteiger partial charge in [-0.25, -0.2) is 9.48 Å². The highest BCUT2D eigenvalue weighted by molar-refractivity contribution is 7.14. The van der Waals surface area contributed by atoms with E-state index in [1.54, 1.807) is 23.1 Å². The zero-order valence-electron chi connectivity index (χ0n) is 15.1. The van der Waals surface area contributed by atoms with Gasteiger partial charge in [-0.2, -0.15) is 5.10 Å². The monoisotopic (exact) mass is 403 g/mol. The van der Waals surface area contributed by atoms with E-state index in [1.807, 2.05) is 31.2 Å². The molecule has 0 spiro atoms. The third-order valence-electron chi connectivity index (χ3n) is 4.04. The van der Waals surface area contributed by atoms with Crippen LogP contribution < -0.4 is 5.32 Å². The van der Waals surface area contributed by atoms with E-state index >= 15 is 0 Å². The average Bonchev–Trinajstić information content (AvgIpc) is 3.20. The molecule has 0 atom stereocenters. The minimum atomic E-state index is -0.510. The number of rotatable bonds is 5. The van der Waals surface area contributed by atoms with Gasteiger partial charge in [-0.15, -0.1) is 11.3 Å². The molecule has 0 bridgehead atoms. The molecule has 0 saturated heterocycles. The molecule has 1 amide bonds. The number of hydrogen-bond acceptors (Lipinski definition) is 5. The van der Waals surface area contributed by atoms with Gasteiger partial charge in [-0.3, -0.25) is 4.79 Å². The zero-order chi connectivity index (χ0) is 19.6. The van der Waals surface area contributed by atoms with Crippen molar-refractivity contribution < 1.29 is 14.3 Å². The zero-order valence-corrected chi connectivity index (χ0v) is 16.6.